The SMILES string of the molecule is CCC1C(N(CC#N)C(=O)CNCCC2(C(=N)N=NN)c3sccc3CCc3cc(C(N)=O)sc32)[C@H]1C. The number of nitriles is 1. The Morgan fingerprint density at radius 3 is 2.76 bits per heavy atom. The molecule has 0 bridgehead atoms. The molecular weight excluding hydrogens is 508 g/mol. The van der Waals surface area contributed by atoms with Gasteiger partial charge >= 0.3 is 0 Å². The molecule has 6 N–H and O–H groups in total. The molecule has 2 aromatic heterocycles. The van der Waals surface area contributed by atoms with E-state index in [1.807, 2.05) is 11.4 Å². The zero-order valence-corrected chi connectivity index (χ0v) is 22.6. The maximum Gasteiger partial charge on any atom is 0.258 e. The van der Waals surface area contributed by atoms with E-state index in [1.165, 1.54) is 11.3 Å². The van der Waals surface area contributed by atoms with Crippen LogP contribution >= 0.6 is 22.7 Å². The second kappa shape index (κ2) is 11.1. The fourth-order valence-electron chi connectivity index (χ4n) is 5.74. The molecule has 2 heterocycles. The molecule has 1 saturated carbocycles. The summed E-state index contributed by atoms with van der Waals surface area (Å²) in [6, 6.07) is 6.12. The number of carbonyl (C=O) groups is 2. The number of nitrogens with zero attached hydrogens (tertiary/aromatic N) is 4. The Labute approximate surface area is 224 Å². The summed E-state index contributed by atoms with van der Waals surface area (Å²) < 4.78 is 0. The van der Waals surface area contributed by atoms with Gasteiger partial charge in [-0.15, -0.1) is 27.8 Å². The van der Waals surface area contributed by atoms with Crippen LogP contribution in [0.4, 0.5) is 0 Å². The van der Waals surface area contributed by atoms with Gasteiger partial charge in [0.1, 0.15) is 12.0 Å². The molecule has 10 nitrogen and oxygen atoms in total. The number of aryl methyl sites for hydroxylation is 2. The van der Waals surface area contributed by atoms with E-state index in [0.29, 0.717) is 36.1 Å². The Morgan fingerprint density at radius 2 is 2.11 bits per heavy atom. The lowest BCUT2D eigenvalue weighted by Gasteiger charge is -2.31. The third kappa shape index (κ3) is 4.91. The van der Waals surface area contributed by atoms with Crippen molar-refractivity contribution in [2.75, 3.05) is 19.6 Å². The van der Waals surface area contributed by atoms with Gasteiger partial charge in [0, 0.05) is 15.8 Å². The molecule has 4 atom stereocenters. The third-order valence-corrected chi connectivity index (χ3v) is 10.1. The van der Waals surface area contributed by atoms with Gasteiger partial charge in [0.2, 0.25) is 5.91 Å². The van der Waals surface area contributed by atoms with Crippen molar-refractivity contribution in [3.63, 3.8) is 0 Å². The first kappa shape index (κ1) is 26.9. The van der Waals surface area contributed by atoms with Crippen molar-refractivity contribution < 1.29 is 9.59 Å². The van der Waals surface area contributed by atoms with E-state index in [2.05, 4.69) is 41.6 Å². The zero-order valence-electron chi connectivity index (χ0n) is 21.0. The average Bonchev–Trinajstić information content (AvgIpc) is 3.19. The fourth-order valence-corrected chi connectivity index (χ4v) is 8.28. The van der Waals surface area contributed by atoms with Crippen molar-refractivity contribution in [1.82, 2.24) is 10.2 Å². The van der Waals surface area contributed by atoms with Gasteiger partial charge in [0.25, 0.3) is 5.91 Å². The predicted molar refractivity (Wildman–Crippen MR) is 144 cm³/mol. The second-order valence-corrected chi connectivity index (χ2v) is 11.6. The van der Waals surface area contributed by atoms with Crippen LogP contribution in [-0.2, 0) is 23.1 Å². The number of rotatable bonds is 10. The van der Waals surface area contributed by atoms with Gasteiger partial charge in [-0.25, -0.2) is 0 Å². The number of hydrogen-bond acceptors (Lipinski definition) is 8. The highest BCUT2D eigenvalue weighted by Gasteiger charge is 2.50. The molecule has 2 aliphatic rings. The van der Waals surface area contributed by atoms with E-state index in [4.69, 9.17) is 17.0 Å². The highest BCUT2D eigenvalue weighted by molar-refractivity contribution is 7.15. The Morgan fingerprint density at radius 1 is 1.35 bits per heavy atom. The molecule has 3 unspecified atom stereocenters. The van der Waals surface area contributed by atoms with Crippen molar-refractivity contribution in [2.24, 2.45) is 33.7 Å². The number of thiophene rings is 2. The first-order valence-electron chi connectivity index (χ1n) is 12.4. The van der Waals surface area contributed by atoms with Crippen molar-refractivity contribution in [1.29, 1.82) is 10.7 Å². The quantitative estimate of drug-likeness (QED) is 0.0688. The predicted octanol–water partition coefficient (Wildman–Crippen LogP) is 2.97. The van der Waals surface area contributed by atoms with Crippen LogP contribution in [0.15, 0.2) is 27.9 Å². The minimum Gasteiger partial charge on any atom is -0.365 e. The Balaban J connectivity index is 1.60. The van der Waals surface area contributed by atoms with E-state index in [1.54, 1.807) is 16.2 Å². The van der Waals surface area contributed by atoms with Crippen LogP contribution in [0.5, 0.6) is 0 Å². The summed E-state index contributed by atoms with van der Waals surface area (Å²) in [5, 5.41) is 30.8. The van der Waals surface area contributed by atoms with Crippen LogP contribution in [0.2, 0.25) is 0 Å². The minimum atomic E-state index is -0.975. The summed E-state index contributed by atoms with van der Waals surface area (Å²) >= 11 is 2.83. The normalized spacial score (nSPS) is 24.1. The zero-order chi connectivity index (χ0) is 26.7. The topological polar surface area (TPSA) is 174 Å². The number of amides is 2. The van der Waals surface area contributed by atoms with Gasteiger partial charge in [-0.05, 0) is 66.3 Å². The number of amidine groups is 1. The summed E-state index contributed by atoms with van der Waals surface area (Å²) in [5.41, 5.74) is 6.72. The van der Waals surface area contributed by atoms with Gasteiger partial charge in [-0.2, -0.15) is 5.26 Å². The van der Waals surface area contributed by atoms with Crippen LogP contribution in [-0.4, -0.2) is 48.2 Å². The maximum absolute atomic E-state index is 13.1. The Kier molecular flexibility index (Phi) is 8.06. The molecule has 12 heteroatoms. The molecule has 0 spiro atoms. The van der Waals surface area contributed by atoms with Crippen molar-refractivity contribution >= 4 is 40.3 Å². The van der Waals surface area contributed by atoms with Crippen LogP contribution in [0.3, 0.4) is 0 Å². The molecule has 196 valence electrons. The minimum absolute atomic E-state index is 0.0171. The van der Waals surface area contributed by atoms with Crippen molar-refractivity contribution in [3.05, 3.63) is 43.3 Å². The molecular formula is C25H32N8O2S2. The number of hydrogen-bond donors (Lipinski definition) is 4. The summed E-state index contributed by atoms with van der Waals surface area (Å²) in [7, 11) is 0. The Bertz CT molecular complexity index is 1260. The summed E-state index contributed by atoms with van der Waals surface area (Å²) in [4.78, 5) is 29.0. The monoisotopic (exact) mass is 540 g/mol. The Hall–Kier alpha value is -3.14. The lowest BCUT2D eigenvalue weighted by molar-refractivity contribution is -0.130. The van der Waals surface area contributed by atoms with Gasteiger partial charge in [-0.3, -0.25) is 15.0 Å². The lowest BCUT2D eigenvalue weighted by atomic mass is 9.78. The molecule has 2 aromatic rings. The summed E-state index contributed by atoms with van der Waals surface area (Å²) in [6.45, 7) is 4.78. The number of fused-ring (bicyclic) bond motifs is 2. The first-order chi connectivity index (χ1) is 17.8. The average molecular weight is 541 g/mol. The molecule has 2 aliphatic carbocycles. The maximum atomic E-state index is 13.1. The number of primary amides is 1. The van der Waals surface area contributed by atoms with E-state index in [-0.39, 0.29) is 30.9 Å². The number of carbonyl (C=O) groups excluding carboxylic acids is 2. The highest BCUT2D eigenvalue weighted by Crippen LogP contribution is 2.49. The molecule has 0 aromatic carbocycles. The lowest BCUT2D eigenvalue weighted by Crippen LogP contribution is -2.43. The molecule has 0 radical (unpaired) electrons. The standard InChI is InChI=1S/C25H32N8O2S2/c1-3-17-14(2)20(17)33(10-8-26)19(34)13-30-9-7-25(24(28)31-32-29)21-15(6-11-36-21)4-5-16-12-18(23(27)35)37-22(16)25/h6,11-12,14,17,20,30H,3-5,7,9-10,13H2,1-2H3,(H2,27,35)(H3,28,29,31)/t14-,17?,20?,25?/m0/s1. The van der Waals surface area contributed by atoms with Gasteiger partial charge in [0.05, 0.1) is 17.5 Å². The van der Waals surface area contributed by atoms with Crippen LogP contribution in [0, 0.1) is 28.6 Å². The third-order valence-electron chi connectivity index (χ3n) is 7.66. The molecule has 37 heavy (non-hydrogen) atoms. The summed E-state index contributed by atoms with van der Waals surface area (Å²) in [6.07, 6.45) is 2.87. The van der Waals surface area contributed by atoms with E-state index in [0.717, 1.165) is 33.7 Å². The molecule has 4 rings (SSSR count). The van der Waals surface area contributed by atoms with Crippen LogP contribution < -0.4 is 16.9 Å². The largest absolute Gasteiger partial charge is 0.365 e. The van der Waals surface area contributed by atoms with Crippen molar-refractivity contribution in [3.8, 4) is 6.07 Å². The molecule has 0 aliphatic heterocycles. The van der Waals surface area contributed by atoms with Crippen molar-refractivity contribution in [2.45, 2.75) is 51.0 Å². The number of nitrogens with two attached hydrogens (primary N) is 2. The van der Waals surface area contributed by atoms with E-state index in [9.17, 15) is 14.9 Å². The van der Waals surface area contributed by atoms with E-state index >= 15 is 0 Å². The molecule has 0 saturated heterocycles. The van der Waals surface area contributed by atoms with Crippen LogP contribution in [0.1, 0.15) is 57.2 Å². The molecule has 2 amide bonds. The van der Waals surface area contributed by atoms with Gasteiger partial charge < -0.3 is 21.8 Å². The van der Waals surface area contributed by atoms with Gasteiger partial charge in [0.15, 0.2) is 5.84 Å². The second-order valence-electron chi connectivity index (χ2n) is 9.60. The van der Waals surface area contributed by atoms with Gasteiger partial charge in [-0.1, -0.05) is 25.5 Å². The summed E-state index contributed by atoms with van der Waals surface area (Å²) in [5.74, 6) is 5.58. The highest BCUT2D eigenvalue weighted by atomic mass is 32.1. The fraction of sp³-hybridized carbons (Fsp3) is 0.520. The van der Waals surface area contributed by atoms with Crippen LogP contribution in [0.25, 0.3) is 0 Å². The van der Waals surface area contributed by atoms with E-state index < -0.39 is 11.3 Å². The number of nitrogens with one attached hydrogen (secondary N) is 2. The smallest absolute Gasteiger partial charge is 0.258 e. The first-order valence-corrected chi connectivity index (χ1v) is 14.1. The molecule has 1 fully saturated rings.